The van der Waals surface area contributed by atoms with Crippen molar-refractivity contribution in [1.29, 1.82) is 0 Å². The predicted octanol–water partition coefficient (Wildman–Crippen LogP) is -4.60. The van der Waals surface area contributed by atoms with E-state index in [1.165, 1.54) is 0 Å². The minimum absolute atomic E-state index is 0.176. The Morgan fingerprint density at radius 1 is 0.441 bits per heavy atom. The van der Waals surface area contributed by atoms with Gasteiger partial charge in [-0.25, -0.2) is 0 Å². The van der Waals surface area contributed by atoms with E-state index in [1.807, 2.05) is 4.90 Å². The molecule has 1 fully saturated rings. The lowest BCUT2D eigenvalue weighted by Crippen LogP contribution is -2.48. The number of hydrogen-bond acceptors (Lipinski definition) is 12. The zero-order valence-corrected chi connectivity index (χ0v) is 20.4. The minimum Gasteiger partial charge on any atom is -0.395 e. The molecule has 0 radical (unpaired) electrons. The van der Waals surface area contributed by atoms with Gasteiger partial charge in [-0.05, 0) is 39.0 Å². The fourth-order valence-corrected chi connectivity index (χ4v) is 4.28. The number of nitrogens with zero attached hydrogens (tertiary/aromatic N) is 4. The first-order valence-electron chi connectivity index (χ1n) is 12.4. The lowest BCUT2D eigenvalue weighted by Gasteiger charge is -2.35. The molecule has 1 saturated heterocycles. The summed E-state index contributed by atoms with van der Waals surface area (Å²) in [4.78, 5) is 8.19. The fourth-order valence-electron chi connectivity index (χ4n) is 4.28. The van der Waals surface area contributed by atoms with Crippen molar-refractivity contribution >= 4 is 0 Å². The Balaban J connectivity index is 2.97. The summed E-state index contributed by atoms with van der Waals surface area (Å²) in [5.74, 6) is 0. The molecule has 34 heavy (non-hydrogen) atoms. The third-order valence-corrected chi connectivity index (χ3v) is 6.28. The van der Waals surface area contributed by atoms with E-state index < -0.39 is 24.4 Å². The average Bonchev–Trinajstić information content (AvgIpc) is 2.84. The van der Waals surface area contributed by atoms with E-state index in [0.717, 1.165) is 6.42 Å². The molecule has 8 N–H and O–H groups in total. The van der Waals surface area contributed by atoms with Crippen molar-refractivity contribution in [1.82, 2.24) is 19.6 Å². The van der Waals surface area contributed by atoms with Crippen molar-refractivity contribution < 1.29 is 40.9 Å². The van der Waals surface area contributed by atoms with Crippen LogP contribution in [0.25, 0.3) is 0 Å². The quantitative estimate of drug-likeness (QED) is 0.130. The van der Waals surface area contributed by atoms with Gasteiger partial charge in [-0.3, -0.25) is 19.6 Å². The topological polar surface area (TPSA) is 175 Å². The molecular formula is C22H48N4O8. The summed E-state index contributed by atoms with van der Waals surface area (Å²) in [6.45, 7) is 4.49. The van der Waals surface area contributed by atoms with Crippen molar-refractivity contribution in [3.05, 3.63) is 0 Å². The molecule has 3 unspecified atom stereocenters. The summed E-state index contributed by atoms with van der Waals surface area (Å²) >= 11 is 0. The van der Waals surface area contributed by atoms with Gasteiger partial charge in [0.25, 0.3) is 0 Å². The second-order valence-corrected chi connectivity index (χ2v) is 9.17. The number of aliphatic hydroxyl groups is 8. The third kappa shape index (κ3) is 13.0. The first-order valence-corrected chi connectivity index (χ1v) is 12.4. The molecule has 0 aromatic carbocycles. The molecule has 1 heterocycles. The Kier molecular flexibility index (Phi) is 17.4. The fraction of sp³-hybridized carbons (Fsp3) is 1.00. The molecule has 12 heteroatoms. The summed E-state index contributed by atoms with van der Waals surface area (Å²) in [6, 6.07) is -0.399. The standard InChI is InChI=1S/C22H48N4O8/c27-14-19(15-28)26-6-2-5-24(12-21(33)17-30)8-7-23(11-20(32)16-29)3-1-4-25(9-10-26)13-22(34)18-31/h19-22,27-34H,1-18H2. The summed E-state index contributed by atoms with van der Waals surface area (Å²) in [5.41, 5.74) is 0. The Labute approximate surface area is 203 Å². The Hall–Kier alpha value is -0.480. The van der Waals surface area contributed by atoms with Gasteiger partial charge in [-0.2, -0.15) is 0 Å². The Bertz CT molecular complexity index is 492. The molecule has 1 aliphatic heterocycles. The molecule has 0 aromatic heterocycles. The largest absolute Gasteiger partial charge is 0.395 e. The maximum absolute atomic E-state index is 9.97. The van der Waals surface area contributed by atoms with Gasteiger partial charge in [-0.1, -0.05) is 0 Å². The van der Waals surface area contributed by atoms with Crippen LogP contribution < -0.4 is 0 Å². The van der Waals surface area contributed by atoms with Crippen molar-refractivity contribution in [2.24, 2.45) is 0 Å². The monoisotopic (exact) mass is 496 g/mol. The van der Waals surface area contributed by atoms with Gasteiger partial charge in [0.1, 0.15) is 0 Å². The van der Waals surface area contributed by atoms with Crippen LogP contribution in [-0.2, 0) is 0 Å². The first kappa shape index (κ1) is 31.5. The van der Waals surface area contributed by atoms with Gasteiger partial charge in [-0.15, -0.1) is 0 Å². The van der Waals surface area contributed by atoms with Crippen molar-refractivity contribution in [3.63, 3.8) is 0 Å². The summed E-state index contributed by atoms with van der Waals surface area (Å²) in [6.07, 6.45) is -1.13. The predicted molar refractivity (Wildman–Crippen MR) is 127 cm³/mol. The molecule has 204 valence electrons. The van der Waals surface area contributed by atoms with Gasteiger partial charge >= 0.3 is 0 Å². The Morgan fingerprint density at radius 2 is 0.794 bits per heavy atom. The van der Waals surface area contributed by atoms with Crippen LogP contribution in [0.3, 0.4) is 0 Å². The third-order valence-electron chi connectivity index (χ3n) is 6.28. The normalized spacial score (nSPS) is 22.5. The molecule has 0 aromatic rings. The van der Waals surface area contributed by atoms with Gasteiger partial charge in [0.2, 0.25) is 0 Å². The maximum Gasteiger partial charge on any atom is 0.0897 e. The van der Waals surface area contributed by atoms with Crippen LogP contribution >= 0.6 is 0 Å². The number of hydrogen-bond donors (Lipinski definition) is 8. The first-order chi connectivity index (χ1) is 16.4. The van der Waals surface area contributed by atoms with Gasteiger partial charge in [0.05, 0.1) is 57.4 Å². The van der Waals surface area contributed by atoms with E-state index in [2.05, 4.69) is 14.7 Å². The second-order valence-electron chi connectivity index (χ2n) is 9.17. The highest BCUT2D eigenvalue weighted by Crippen LogP contribution is 2.07. The highest BCUT2D eigenvalue weighted by Gasteiger charge is 2.21. The maximum atomic E-state index is 9.97. The van der Waals surface area contributed by atoms with E-state index in [-0.39, 0.29) is 33.0 Å². The van der Waals surface area contributed by atoms with E-state index >= 15 is 0 Å². The number of rotatable bonds is 12. The molecule has 0 aliphatic carbocycles. The van der Waals surface area contributed by atoms with Gasteiger partial charge in [0.15, 0.2) is 0 Å². The van der Waals surface area contributed by atoms with E-state index in [4.69, 9.17) is 0 Å². The van der Waals surface area contributed by atoms with E-state index in [0.29, 0.717) is 78.4 Å². The van der Waals surface area contributed by atoms with Crippen LogP contribution in [0.5, 0.6) is 0 Å². The summed E-state index contributed by atoms with van der Waals surface area (Å²) in [5, 5.41) is 77.2. The minimum atomic E-state index is -0.863. The second kappa shape index (κ2) is 18.7. The Morgan fingerprint density at radius 3 is 1.15 bits per heavy atom. The SMILES string of the molecule is OCC(O)CN1CCCN(CC(O)CO)CCN(C(CO)CO)CCCN(CC(O)CO)CC1. The number of β-amino-alcohol motifs (C(OH)–C–C–N with tert-alkyl or cyclic N) is 3. The zero-order chi connectivity index (χ0) is 25.3. The highest BCUT2D eigenvalue weighted by atomic mass is 16.3. The van der Waals surface area contributed by atoms with Crippen molar-refractivity contribution in [2.75, 3.05) is 105 Å². The van der Waals surface area contributed by atoms with Crippen LogP contribution in [0.2, 0.25) is 0 Å². The van der Waals surface area contributed by atoms with Crippen LogP contribution in [-0.4, -0.2) is 190 Å². The molecule has 1 rings (SSSR count). The molecular weight excluding hydrogens is 448 g/mol. The molecule has 1 aliphatic rings. The summed E-state index contributed by atoms with van der Waals surface area (Å²) < 4.78 is 0. The average molecular weight is 497 g/mol. The molecule has 3 atom stereocenters. The van der Waals surface area contributed by atoms with Crippen molar-refractivity contribution in [2.45, 2.75) is 37.2 Å². The van der Waals surface area contributed by atoms with E-state index in [1.54, 1.807) is 0 Å². The molecule has 0 saturated carbocycles. The van der Waals surface area contributed by atoms with E-state index in [9.17, 15) is 40.9 Å². The molecule has 0 bridgehead atoms. The number of aliphatic hydroxyl groups excluding tert-OH is 8. The lowest BCUT2D eigenvalue weighted by molar-refractivity contribution is 0.0275. The highest BCUT2D eigenvalue weighted by molar-refractivity contribution is 4.76. The van der Waals surface area contributed by atoms with Crippen LogP contribution in [0, 0.1) is 0 Å². The van der Waals surface area contributed by atoms with Gasteiger partial charge < -0.3 is 40.9 Å². The van der Waals surface area contributed by atoms with Gasteiger partial charge in [0, 0.05) is 45.8 Å². The lowest BCUT2D eigenvalue weighted by atomic mass is 10.2. The molecule has 0 amide bonds. The van der Waals surface area contributed by atoms with Crippen LogP contribution in [0.15, 0.2) is 0 Å². The molecule has 12 nitrogen and oxygen atoms in total. The smallest absolute Gasteiger partial charge is 0.0897 e. The van der Waals surface area contributed by atoms with Crippen LogP contribution in [0.1, 0.15) is 12.8 Å². The van der Waals surface area contributed by atoms with Crippen LogP contribution in [0.4, 0.5) is 0 Å². The summed E-state index contributed by atoms with van der Waals surface area (Å²) in [7, 11) is 0. The molecule has 0 spiro atoms. The van der Waals surface area contributed by atoms with Crippen molar-refractivity contribution in [3.8, 4) is 0 Å². The zero-order valence-electron chi connectivity index (χ0n) is 20.4.